The van der Waals surface area contributed by atoms with Crippen LogP contribution in [0.5, 0.6) is 5.75 Å². The van der Waals surface area contributed by atoms with Crippen LogP contribution < -0.4 is 15.8 Å². The number of rotatable bonds is 6. The quantitative estimate of drug-likeness (QED) is 0.505. The summed E-state index contributed by atoms with van der Waals surface area (Å²) in [6.45, 7) is 5.90. The maximum atomic E-state index is 11.8. The fourth-order valence-electron chi connectivity index (χ4n) is 3.93. The molecule has 0 bridgehead atoms. The minimum Gasteiger partial charge on any atom is -0.507 e. The lowest BCUT2D eigenvalue weighted by Crippen LogP contribution is -2.52. The van der Waals surface area contributed by atoms with Gasteiger partial charge in [0.1, 0.15) is 11.6 Å². The van der Waals surface area contributed by atoms with Crippen LogP contribution in [-0.2, 0) is 4.74 Å². The van der Waals surface area contributed by atoms with Gasteiger partial charge in [-0.2, -0.15) is 0 Å². The Balaban J connectivity index is 1.62. The van der Waals surface area contributed by atoms with E-state index in [1.54, 1.807) is 12.1 Å². The number of aryl methyl sites for hydroxylation is 1. The number of hydrogen-bond donors (Lipinski definition) is 3. The third kappa shape index (κ3) is 4.91. The second-order valence-electron chi connectivity index (χ2n) is 8.10. The van der Waals surface area contributed by atoms with Crippen molar-refractivity contribution in [1.29, 1.82) is 0 Å². The minimum absolute atomic E-state index is 0.0574. The largest absolute Gasteiger partial charge is 0.507 e. The number of anilines is 1. The van der Waals surface area contributed by atoms with Crippen molar-refractivity contribution in [2.75, 3.05) is 24.6 Å². The molecule has 168 valence electrons. The highest BCUT2D eigenvalue weighted by Crippen LogP contribution is 2.32. The standard InChI is InChI=1S/C24H29N5O3/c1-3-13-32-24(31)28-27-17-7-6-12-29(15-17)23-18-11-10-16(2)14-20(18)25-22(26-23)19-8-4-5-9-21(19)30/h4-5,8-11,14,17,27,30H,3,6-7,12-13,15H2,1-2H3,(H,28,31). The molecule has 1 fully saturated rings. The Morgan fingerprint density at radius 3 is 2.91 bits per heavy atom. The zero-order chi connectivity index (χ0) is 22.5. The zero-order valence-electron chi connectivity index (χ0n) is 18.5. The molecular formula is C24H29N5O3. The molecule has 8 nitrogen and oxygen atoms in total. The number of hydrogen-bond acceptors (Lipinski definition) is 7. The number of para-hydroxylation sites is 1. The third-order valence-corrected chi connectivity index (χ3v) is 5.51. The molecule has 1 aromatic heterocycles. The highest BCUT2D eigenvalue weighted by Gasteiger charge is 2.24. The van der Waals surface area contributed by atoms with Crippen LogP contribution in [0.4, 0.5) is 10.6 Å². The van der Waals surface area contributed by atoms with Gasteiger partial charge in [-0.05, 0) is 56.0 Å². The molecule has 4 rings (SSSR count). The molecule has 1 saturated heterocycles. The van der Waals surface area contributed by atoms with E-state index in [1.807, 2.05) is 38.1 Å². The summed E-state index contributed by atoms with van der Waals surface area (Å²) >= 11 is 0. The fraction of sp³-hybridized carbons (Fsp3) is 0.375. The van der Waals surface area contributed by atoms with Crippen molar-refractivity contribution in [3.63, 3.8) is 0 Å². The fourth-order valence-corrected chi connectivity index (χ4v) is 3.93. The molecule has 1 aliphatic rings. The number of carbonyl (C=O) groups excluding carboxylic acids is 1. The molecule has 1 amide bonds. The van der Waals surface area contributed by atoms with Crippen LogP contribution in [0.2, 0.25) is 0 Å². The van der Waals surface area contributed by atoms with Crippen molar-refractivity contribution in [3.8, 4) is 17.1 Å². The zero-order valence-corrected chi connectivity index (χ0v) is 18.5. The first-order chi connectivity index (χ1) is 15.5. The molecule has 3 N–H and O–H groups in total. The predicted octanol–water partition coefficient (Wildman–Crippen LogP) is 3.92. The van der Waals surface area contributed by atoms with Crippen LogP contribution in [0.1, 0.15) is 31.7 Å². The summed E-state index contributed by atoms with van der Waals surface area (Å²) < 4.78 is 5.07. The number of nitrogens with zero attached hydrogens (tertiary/aromatic N) is 3. The molecule has 1 unspecified atom stereocenters. The molecule has 2 heterocycles. The van der Waals surface area contributed by atoms with Crippen LogP contribution in [-0.4, -0.2) is 46.9 Å². The van der Waals surface area contributed by atoms with Crippen LogP contribution in [0, 0.1) is 6.92 Å². The van der Waals surface area contributed by atoms with Crippen molar-refractivity contribution < 1.29 is 14.6 Å². The van der Waals surface area contributed by atoms with Crippen molar-refractivity contribution in [2.45, 2.75) is 39.2 Å². The van der Waals surface area contributed by atoms with Crippen molar-refractivity contribution in [2.24, 2.45) is 0 Å². The Bertz CT molecular complexity index is 1100. The van der Waals surface area contributed by atoms with E-state index in [0.29, 0.717) is 24.5 Å². The first-order valence-electron chi connectivity index (χ1n) is 11.0. The van der Waals surface area contributed by atoms with Crippen molar-refractivity contribution in [1.82, 2.24) is 20.8 Å². The van der Waals surface area contributed by atoms with E-state index in [9.17, 15) is 9.90 Å². The summed E-state index contributed by atoms with van der Waals surface area (Å²) in [5, 5.41) is 11.3. The van der Waals surface area contributed by atoms with Gasteiger partial charge in [-0.25, -0.2) is 20.2 Å². The van der Waals surface area contributed by atoms with Crippen LogP contribution in [0.25, 0.3) is 22.3 Å². The number of phenolic OH excluding ortho intramolecular Hbond substituents is 1. The summed E-state index contributed by atoms with van der Waals surface area (Å²) in [7, 11) is 0. The number of carbonyl (C=O) groups is 1. The topological polar surface area (TPSA) is 99.6 Å². The third-order valence-electron chi connectivity index (χ3n) is 5.51. The van der Waals surface area contributed by atoms with Gasteiger partial charge in [-0.1, -0.05) is 25.1 Å². The molecule has 0 spiro atoms. The number of hydrazine groups is 1. The van der Waals surface area contributed by atoms with Gasteiger partial charge in [0, 0.05) is 24.5 Å². The number of nitrogens with one attached hydrogen (secondary N) is 2. The number of aromatic nitrogens is 2. The first kappa shape index (κ1) is 21.8. The highest BCUT2D eigenvalue weighted by atomic mass is 16.6. The van der Waals surface area contributed by atoms with Gasteiger partial charge in [0.25, 0.3) is 0 Å². The molecule has 1 atom stereocenters. The number of aromatic hydroxyl groups is 1. The second kappa shape index (κ2) is 9.82. The first-order valence-corrected chi connectivity index (χ1v) is 11.0. The number of fused-ring (bicyclic) bond motifs is 1. The van der Waals surface area contributed by atoms with Crippen LogP contribution in [0.15, 0.2) is 42.5 Å². The average molecular weight is 436 g/mol. The van der Waals surface area contributed by atoms with E-state index in [2.05, 4.69) is 21.8 Å². The number of benzene rings is 2. The maximum absolute atomic E-state index is 11.8. The van der Waals surface area contributed by atoms with Gasteiger partial charge in [-0.15, -0.1) is 0 Å². The number of ether oxygens (including phenoxy) is 1. The van der Waals surface area contributed by atoms with Gasteiger partial charge in [-0.3, -0.25) is 5.43 Å². The molecule has 32 heavy (non-hydrogen) atoms. The summed E-state index contributed by atoms with van der Waals surface area (Å²) in [6.07, 6.45) is 2.20. The van der Waals surface area contributed by atoms with E-state index in [1.165, 1.54) is 0 Å². The van der Waals surface area contributed by atoms with Crippen molar-refractivity contribution in [3.05, 3.63) is 48.0 Å². The van der Waals surface area contributed by atoms with E-state index in [4.69, 9.17) is 14.7 Å². The Morgan fingerprint density at radius 2 is 2.09 bits per heavy atom. The number of piperidine rings is 1. The van der Waals surface area contributed by atoms with Crippen LogP contribution in [0.3, 0.4) is 0 Å². The van der Waals surface area contributed by atoms with E-state index < -0.39 is 6.09 Å². The molecule has 1 aliphatic heterocycles. The summed E-state index contributed by atoms with van der Waals surface area (Å²) in [4.78, 5) is 23.6. The Labute approximate surface area is 187 Å². The smallest absolute Gasteiger partial charge is 0.421 e. The normalized spacial score (nSPS) is 16.2. The second-order valence-corrected chi connectivity index (χ2v) is 8.10. The van der Waals surface area contributed by atoms with E-state index in [-0.39, 0.29) is 11.8 Å². The lowest BCUT2D eigenvalue weighted by molar-refractivity contribution is 0.138. The molecule has 0 aliphatic carbocycles. The molecule has 0 radical (unpaired) electrons. The van der Waals surface area contributed by atoms with Crippen LogP contribution >= 0.6 is 0 Å². The van der Waals surface area contributed by atoms with Crippen molar-refractivity contribution >= 4 is 22.8 Å². The summed E-state index contributed by atoms with van der Waals surface area (Å²) in [6, 6.07) is 13.3. The maximum Gasteiger partial charge on any atom is 0.421 e. The van der Waals surface area contributed by atoms with E-state index in [0.717, 1.165) is 48.1 Å². The lowest BCUT2D eigenvalue weighted by Gasteiger charge is -2.34. The molecule has 2 aromatic carbocycles. The van der Waals surface area contributed by atoms with Gasteiger partial charge in [0.2, 0.25) is 0 Å². The average Bonchev–Trinajstić information content (AvgIpc) is 2.81. The van der Waals surface area contributed by atoms with Gasteiger partial charge in [0.15, 0.2) is 5.82 Å². The monoisotopic (exact) mass is 435 g/mol. The molecule has 0 saturated carbocycles. The highest BCUT2D eigenvalue weighted by molar-refractivity contribution is 5.92. The Hall–Kier alpha value is -3.39. The van der Waals surface area contributed by atoms with Gasteiger partial charge < -0.3 is 14.7 Å². The summed E-state index contributed by atoms with van der Waals surface area (Å²) in [5.74, 6) is 1.47. The summed E-state index contributed by atoms with van der Waals surface area (Å²) in [5.41, 5.74) is 8.29. The molecule has 8 heteroatoms. The molecular weight excluding hydrogens is 406 g/mol. The SMILES string of the molecule is CCCOC(=O)NNC1CCCN(c2nc(-c3ccccc3O)nc3cc(C)ccc23)C1. The van der Waals surface area contributed by atoms with E-state index >= 15 is 0 Å². The number of phenols is 1. The predicted molar refractivity (Wildman–Crippen MR) is 125 cm³/mol. The lowest BCUT2D eigenvalue weighted by atomic mass is 10.0. The number of amides is 1. The Morgan fingerprint density at radius 1 is 1.25 bits per heavy atom. The van der Waals surface area contributed by atoms with Gasteiger partial charge >= 0.3 is 6.09 Å². The van der Waals surface area contributed by atoms with Gasteiger partial charge in [0.05, 0.1) is 17.7 Å². The molecule has 3 aromatic rings. The Kier molecular flexibility index (Phi) is 6.70. The minimum atomic E-state index is -0.464.